The average Bonchev–Trinajstić information content (AvgIpc) is 2.30. The molecule has 3 N–H and O–H groups in total. The van der Waals surface area contributed by atoms with Gasteiger partial charge in [0.2, 0.25) is 5.91 Å². The standard InChI is InChI=1S/C12H25N3O2.2ClH/c1-10(8-15-4-6-17-7-5-15)14-11(16)12(2,3)9-13;;/h10H,4-9,13H2,1-3H3,(H,14,16);2*1H. The van der Waals surface area contributed by atoms with Gasteiger partial charge in [0.15, 0.2) is 0 Å². The van der Waals surface area contributed by atoms with Gasteiger partial charge in [-0.3, -0.25) is 9.69 Å². The summed E-state index contributed by atoms with van der Waals surface area (Å²) in [6, 6.07) is 0.145. The summed E-state index contributed by atoms with van der Waals surface area (Å²) in [5.74, 6) is 0.0285. The number of halogens is 2. The average molecular weight is 316 g/mol. The molecule has 1 unspecified atom stereocenters. The van der Waals surface area contributed by atoms with E-state index in [2.05, 4.69) is 10.2 Å². The Kier molecular flexibility index (Phi) is 10.9. The number of carbonyl (C=O) groups is 1. The monoisotopic (exact) mass is 315 g/mol. The lowest BCUT2D eigenvalue weighted by Crippen LogP contribution is -2.50. The van der Waals surface area contributed by atoms with E-state index < -0.39 is 5.41 Å². The van der Waals surface area contributed by atoms with E-state index in [1.807, 2.05) is 20.8 Å². The molecule has 0 aliphatic carbocycles. The fourth-order valence-electron chi connectivity index (χ4n) is 1.73. The normalized spacial score (nSPS) is 17.9. The first kappa shape index (κ1) is 21.2. The first-order valence-electron chi connectivity index (χ1n) is 6.27. The molecule has 116 valence electrons. The molecule has 19 heavy (non-hydrogen) atoms. The lowest BCUT2D eigenvalue weighted by molar-refractivity contribution is -0.129. The Hall–Kier alpha value is -0.0700. The summed E-state index contributed by atoms with van der Waals surface area (Å²) in [5.41, 5.74) is 5.09. The molecule has 1 amide bonds. The quantitative estimate of drug-likeness (QED) is 0.782. The molecule has 1 aliphatic rings. The Labute approximate surface area is 128 Å². The second-order valence-corrected chi connectivity index (χ2v) is 5.38. The van der Waals surface area contributed by atoms with Gasteiger partial charge in [0, 0.05) is 32.2 Å². The predicted molar refractivity (Wildman–Crippen MR) is 82.2 cm³/mol. The molecule has 0 aromatic heterocycles. The number of morpholine rings is 1. The molecule has 1 fully saturated rings. The molecular formula is C12H27Cl2N3O2. The maximum Gasteiger partial charge on any atom is 0.227 e. The van der Waals surface area contributed by atoms with Crippen LogP contribution in [-0.2, 0) is 9.53 Å². The van der Waals surface area contributed by atoms with Crippen molar-refractivity contribution in [1.29, 1.82) is 0 Å². The van der Waals surface area contributed by atoms with E-state index in [4.69, 9.17) is 10.5 Å². The number of hydrogen-bond donors (Lipinski definition) is 2. The summed E-state index contributed by atoms with van der Waals surface area (Å²) in [5, 5.41) is 3.02. The highest BCUT2D eigenvalue weighted by Crippen LogP contribution is 2.12. The van der Waals surface area contributed by atoms with Crippen LogP contribution in [0.25, 0.3) is 0 Å². The fraction of sp³-hybridized carbons (Fsp3) is 0.917. The number of hydrogen-bond acceptors (Lipinski definition) is 4. The van der Waals surface area contributed by atoms with E-state index in [1.54, 1.807) is 0 Å². The molecule has 0 bridgehead atoms. The summed E-state index contributed by atoms with van der Waals surface area (Å²) in [7, 11) is 0. The van der Waals surface area contributed by atoms with E-state index >= 15 is 0 Å². The third kappa shape index (κ3) is 7.32. The van der Waals surface area contributed by atoms with Gasteiger partial charge in [0.05, 0.1) is 18.6 Å². The van der Waals surface area contributed by atoms with Gasteiger partial charge in [0.1, 0.15) is 0 Å². The molecule has 0 spiro atoms. The van der Waals surface area contributed by atoms with Gasteiger partial charge in [-0.15, -0.1) is 24.8 Å². The Bertz CT molecular complexity index is 259. The second kappa shape index (κ2) is 9.77. The number of nitrogens with one attached hydrogen (secondary N) is 1. The van der Waals surface area contributed by atoms with Crippen LogP contribution in [0.1, 0.15) is 20.8 Å². The highest BCUT2D eigenvalue weighted by atomic mass is 35.5. The summed E-state index contributed by atoms with van der Waals surface area (Å²) in [6.07, 6.45) is 0. The minimum atomic E-state index is -0.487. The Morgan fingerprint density at radius 1 is 1.37 bits per heavy atom. The van der Waals surface area contributed by atoms with Crippen molar-refractivity contribution in [3.63, 3.8) is 0 Å². The van der Waals surface area contributed by atoms with Crippen molar-refractivity contribution in [1.82, 2.24) is 10.2 Å². The topological polar surface area (TPSA) is 67.6 Å². The van der Waals surface area contributed by atoms with Crippen LogP contribution in [0.3, 0.4) is 0 Å². The van der Waals surface area contributed by atoms with Crippen LogP contribution in [0.4, 0.5) is 0 Å². The van der Waals surface area contributed by atoms with Crippen LogP contribution in [0.15, 0.2) is 0 Å². The van der Waals surface area contributed by atoms with Gasteiger partial charge in [-0.05, 0) is 20.8 Å². The fourth-order valence-corrected chi connectivity index (χ4v) is 1.73. The zero-order valence-electron chi connectivity index (χ0n) is 12.0. The van der Waals surface area contributed by atoms with Gasteiger partial charge in [-0.2, -0.15) is 0 Å². The Balaban J connectivity index is 0. The van der Waals surface area contributed by atoms with Crippen LogP contribution in [-0.4, -0.2) is 56.2 Å². The van der Waals surface area contributed by atoms with Gasteiger partial charge >= 0.3 is 0 Å². The SMILES string of the molecule is CC(CN1CCOCC1)NC(=O)C(C)(C)CN.Cl.Cl. The highest BCUT2D eigenvalue weighted by molar-refractivity contribution is 5.85. The number of amides is 1. The van der Waals surface area contributed by atoms with Gasteiger partial charge < -0.3 is 15.8 Å². The molecule has 1 rings (SSSR count). The van der Waals surface area contributed by atoms with Crippen molar-refractivity contribution in [2.24, 2.45) is 11.1 Å². The van der Waals surface area contributed by atoms with Crippen LogP contribution >= 0.6 is 24.8 Å². The van der Waals surface area contributed by atoms with Gasteiger partial charge in [-0.1, -0.05) is 0 Å². The highest BCUT2D eigenvalue weighted by Gasteiger charge is 2.27. The maximum absolute atomic E-state index is 11.9. The minimum absolute atomic E-state index is 0. The number of nitrogens with zero attached hydrogens (tertiary/aromatic N) is 1. The van der Waals surface area contributed by atoms with E-state index in [0.717, 1.165) is 32.8 Å². The molecule has 5 nitrogen and oxygen atoms in total. The zero-order chi connectivity index (χ0) is 12.9. The van der Waals surface area contributed by atoms with E-state index in [0.29, 0.717) is 6.54 Å². The van der Waals surface area contributed by atoms with Crippen molar-refractivity contribution in [3.05, 3.63) is 0 Å². The first-order chi connectivity index (χ1) is 7.95. The lowest BCUT2D eigenvalue weighted by Gasteiger charge is -2.31. The molecule has 0 aromatic rings. The summed E-state index contributed by atoms with van der Waals surface area (Å²) in [6.45, 7) is 10.5. The molecule has 0 radical (unpaired) electrons. The van der Waals surface area contributed by atoms with Crippen molar-refractivity contribution >= 4 is 30.7 Å². The smallest absolute Gasteiger partial charge is 0.227 e. The Morgan fingerprint density at radius 3 is 2.37 bits per heavy atom. The third-order valence-corrected chi connectivity index (χ3v) is 3.14. The number of nitrogens with two attached hydrogens (primary N) is 1. The van der Waals surface area contributed by atoms with Crippen LogP contribution < -0.4 is 11.1 Å². The van der Waals surface area contributed by atoms with Crippen molar-refractivity contribution in [3.8, 4) is 0 Å². The first-order valence-corrected chi connectivity index (χ1v) is 6.27. The number of rotatable bonds is 5. The summed E-state index contributed by atoms with van der Waals surface area (Å²) < 4.78 is 5.29. The van der Waals surface area contributed by atoms with E-state index in [9.17, 15) is 4.79 Å². The van der Waals surface area contributed by atoms with Gasteiger partial charge in [0.25, 0.3) is 0 Å². The number of carbonyl (C=O) groups excluding carboxylic acids is 1. The molecule has 1 aliphatic heterocycles. The summed E-state index contributed by atoms with van der Waals surface area (Å²) in [4.78, 5) is 14.2. The molecule has 1 saturated heterocycles. The van der Waals surface area contributed by atoms with Crippen molar-refractivity contribution in [2.75, 3.05) is 39.4 Å². The van der Waals surface area contributed by atoms with Crippen LogP contribution in [0, 0.1) is 5.41 Å². The molecule has 7 heteroatoms. The minimum Gasteiger partial charge on any atom is -0.379 e. The van der Waals surface area contributed by atoms with Crippen molar-refractivity contribution in [2.45, 2.75) is 26.8 Å². The zero-order valence-corrected chi connectivity index (χ0v) is 13.6. The van der Waals surface area contributed by atoms with E-state index in [-0.39, 0.29) is 36.8 Å². The number of ether oxygens (including phenoxy) is 1. The molecule has 1 atom stereocenters. The summed E-state index contributed by atoms with van der Waals surface area (Å²) >= 11 is 0. The second-order valence-electron chi connectivity index (χ2n) is 5.38. The molecule has 1 heterocycles. The molecule has 0 aromatic carbocycles. The molecular weight excluding hydrogens is 289 g/mol. The largest absolute Gasteiger partial charge is 0.379 e. The van der Waals surface area contributed by atoms with Gasteiger partial charge in [-0.25, -0.2) is 0 Å². The van der Waals surface area contributed by atoms with Crippen LogP contribution in [0.5, 0.6) is 0 Å². The Morgan fingerprint density at radius 2 is 1.89 bits per heavy atom. The lowest BCUT2D eigenvalue weighted by atomic mass is 9.92. The van der Waals surface area contributed by atoms with E-state index in [1.165, 1.54) is 0 Å². The predicted octanol–water partition coefficient (Wildman–Crippen LogP) is 0.652. The molecule has 0 saturated carbocycles. The third-order valence-electron chi connectivity index (χ3n) is 3.14. The van der Waals surface area contributed by atoms with Crippen molar-refractivity contribution < 1.29 is 9.53 Å². The maximum atomic E-state index is 11.9. The van der Waals surface area contributed by atoms with Crippen LogP contribution in [0.2, 0.25) is 0 Å².